The van der Waals surface area contributed by atoms with Crippen LogP contribution < -0.4 is 0 Å². The zero-order chi connectivity index (χ0) is 15.4. The molecular formula is C19H32O. The van der Waals surface area contributed by atoms with Crippen molar-refractivity contribution in [3.05, 3.63) is 34.9 Å². The molecule has 1 heteroatoms. The van der Waals surface area contributed by atoms with Crippen LogP contribution in [0, 0.1) is 5.41 Å². The fraction of sp³-hybridized carbons (Fsp3) is 0.684. The van der Waals surface area contributed by atoms with Gasteiger partial charge in [-0.25, -0.2) is 0 Å². The second kappa shape index (κ2) is 6.76. The minimum atomic E-state index is -0.591. The van der Waals surface area contributed by atoms with Crippen LogP contribution in [0.2, 0.25) is 0 Å². The topological polar surface area (TPSA) is 20.2 Å². The third kappa shape index (κ3) is 3.85. The molecule has 0 amide bonds. The molecule has 0 heterocycles. The summed E-state index contributed by atoms with van der Waals surface area (Å²) in [4.78, 5) is 0. The van der Waals surface area contributed by atoms with Gasteiger partial charge in [-0.15, -0.1) is 0 Å². The van der Waals surface area contributed by atoms with Crippen LogP contribution in [0.5, 0.6) is 0 Å². The smallest absolute Gasteiger partial charge is 0.0710 e. The summed E-state index contributed by atoms with van der Waals surface area (Å²) in [5.74, 6) is 0. The first-order valence-electron chi connectivity index (χ1n) is 8.02. The maximum Gasteiger partial charge on any atom is 0.0710 e. The summed E-state index contributed by atoms with van der Waals surface area (Å²) in [5, 5.41) is 10.6. The maximum atomic E-state index is 10.6. The van der Waals surface area contributed by atoms with E-state index in [1.165, 1.54) is 16.7 Å². The Hall–Kier alpha value is -0.820. The van der Waals surface area contributed by atoms with Gasteiger partial charge in [-0.05, 0) is 46.0 Å². The van der Waals surface area contributed by atoms with Crippen molar-refractivity contribution in [2.45, 2.75) is 79.2 Å². The Labute approximate surface area is 125 Å². The lowest BCUT2D eigenvalue weighted by Crippen LogP contribution is -2.45. The third-order valence-electron chi connectivity index (χ3n) is 5.16. The molecule has 0 spiro atoms. The molecule has 114 valence electrons. The zero-order valence-electron chi connectivity index (χ0n) is 14.2. The van der Waals surface area contributed by atoms with E-state index in [1.54, 1.807) is 0 Å². The molecule has 0 saturated carbocycles. The number of hydrogen-bond donors (Lipinski definition) is 1. The molecule has 1 aliphatic carbocycles. The highest BCUT2D eigenvalue weighted by molar-refractivity contribution is 5.28. The van der Waals surface area contributed by atoms with Crippen molar-refractivity contribution in [1.29, 1.82) is 0 Å². The standard InChI is InChI=1S/C19H32O/c1-7-16(8-2)14-15(3)11-12-17-10-9-13-19(6,20)18(17,4)5/h10-11,14,20H,7-9,12-13H2,1-6H3. The highest BCUT2D eigenvalue weighted by Gasteiger charge is 2.42. The maximum absolute atomic E-state index is 10.6. The largest absolute Gasteiger partial charge is 0.389 e. The van der Waals surface area contributed by atoms with Gasteiger partial charge < -0.3 is 5.11 Å². The summed E-state index contributed by atoms with van der Waals surface area (Å²) < 4.78 is 0. The molecule has 1 unspecified atom stereocenters. The molecule has 0 bridgehead atoms. The summed E-state index contributed by atoms with van der Waals surface area (Å²) in [6.45, 7) is 12.9. The molecule has 0 radical (unpaired) electrons. The first kappa shape index (κ1) is 17.2. The van der Waals surface area contributed by atoms with E-state index in [0.29, 0.717) is 0 Å². The van der Waals surface area contributed by atoms with E-state index in [9.17, 15) is 5.11 Å². The summed E-state index contributed by atoms with van der Waals surface area (Å²) in [7, 11) is 0. The summed E-state index contributed by atoms with van der Waals surface area (Å²) in [6.07, 6.45) is 12.0. The van der Waals surface area contributed by atoms with E-state index in [4.69, 9.17) is 0 Å². The van der Waals surface area contributed by atoms with Crippen LogP contribution >= 0.6 is 0 Å². The van der Waals surface area contributed by atoms with Crippen LogP contribution in [0.4, 0.5) is 0 Å². The second-order valence-corrected chi connectivity index (χ2v) is 6.83. The Kier molecular flexibility index (Phi) is 5.82. The Morgan fingerprint density at radius 2 is 1.85 bits per heavy atom. The average Bonchev–Trinajstić information content (AvgIpc) is 2.37. The van der Waals surface area contributed by atoms with Gasteiger partial charge in [0.05, 0.1) is 5.60 Å². The SMILES string of the molecule is CCC(=CC(C)=CCC1=CCCC(C)(O)C1(C)C)CC. The van der Waals surface area contributed by atoms with Crippen LogP contribution in [0.15, 0.2) is 34.9 Å². The molecule has 1 N–H and O–H groups in total. The van der Waals surface area contributed by atoms with Crippen molar-refractivity contribution in [2.75, 3.05) is 0 Å². The number of rotatable bonds is 5. The van der Waals surface area contributed by atoms with Crippen LogP contribution in [-0.4, -0.2) is 10.7 Å². The predicted octanol–water partition coefficient (Wildman–Crippen LogP) is 5.57. The normalized spacial score (nSPS) is 26.1. The fourth-order valence-corrected chi connectivity index (χ4v) is 2.89. The van der Waals surface area contributed by atoms with Gasteiger partial charge in [0.25, 0.3) is 0 Å². The molecule has 1 rings (SSSR count). The van der Waals surface area contributed by atoms with Crippen molar-refractivity contribution in [3.63, 3.8) is 0 Å². The molecule has 0 aromatic heterocycles. The van der Waals surface area contributed by atoms with E-state index in [0.717, 1.165) is 32.1 Å². The predicted molar refractivity (Wildman–Crippen MR) is 88.8 cm³/mol. The fourth-order valence-electron chi connectivity index (χ4n) is 2.89. The first-order valence-corrected chi connectivity index (χ1v) is 8.02. The van der Waals surface area contributed by atoms with Gasteiger partial charge >= 0.3 is 0 Å². The lowest BCUT2D eigenvalue weighted by Gasteiger charge is -2.45. The van der Waals surface area contributed by atoms with Gasteiger partial charge in [0, 0.05) is 5.41 Å². The summed E-state index contributed by atoms with van der Waals surface area (Å²) >= 11 is 0. The van der Waals surface area contributed by atoms with E-state index in [1.807, 2.05) is 6.92 Å². The number of aliphatic hydroxyl groups is 1. The molecule has 0 aromatic rings. The average molecular weight is 276 g/mol. The van der Waals surface area contributed by atoms with Crippen molar-refractivity contribution in [3.8, 4) is 0 Å². The molecule has 1 atom stereocenters. The van der Waals surface area contributed by atoms with Gasteiger partial charge in [0.1, 0.15) is 0 Å². The molecular weight excluding hydrogens is 244 g/mol. The van der Waals surface area contributed by atoms with Crippen molar-refractivity contribution < 1.29 is 5.11 Å². The van der Waals surface area contributed by atoms with Gasteiger partial charge in [0.2, 0.25) is 0 Å². The third-order valence-corrected chi connectivity index (χ3v) is 5.16. The highest BCUT2D eigenvalue weighted by atomic mass is 16.3. The number of hydrogen-bond acceptors (Lipinski definition) is 1. The summed E-state index contributed by atoms with van der Waals surface area (Å²) in [6, 6.07) is 0. The van der Waals surface area contributed by atoms with Crippen LogP contribution in [0.25, 0.3) is 0 Å². The summed E-state index contributed by atoms with van der Waals surface area (Å²) in [5.41, 5.74) is 3.49. The minimum absolute atomic E-state index is 0.135. The van der Waals surface area contributed by atoms with Gasteiger partial charge in [-0.1, -0.05) is 62.6 Å². The molecule has 0 aliphatic heterocycles. The Bertz CT molecular complexity index is 413. The zero-order valence-corrected chi connectivity index (χ0v) is 14.2. The van der Waals surface area contributed by atoms with Crippen LogP contribution in [0.3, 0.4) is 0 Å². The minimum Gasteiger partial charge on any atom is -0.389 e. The second-order valence-electron chi connectivity index (χ2n) is 6.83. The van der Waals surface area contributed by atoms with Crippen LogP contribution in [0.1, 0.15) is 73.6 Å². The van der Waals surface area contributed by atoms with Crippen molar-refractivity contribution in [2.24, 2.45) is 5.41 Å². The van der Waals surface area contributed by atoms with E-state index < -0.39 is 5.60 Å². The van der Waals surface area contributed by atoms with E-state index in [-0.39, 0.29) is 5.41 Å². The first-order chi connectivity index (χ1) is 9.24. The highest BCUT2D eigenvalue weighted by Crippen LogP contribution is 2.45. The molecule has 1 nitrogen and oxygen atoms in total. The Morgan fingerprint density at radius 3 is 2.40 bits per heavy atom. The molecule has 20 heavy (non-hydrogen) atoms. The van der Waals surface area contributed by atoms with Crippen molar-refractivity contribution >= 4 is 0 Å². The monoisotopic (exact) mass is 276 g/mol. The van der Waals surface area contributed by atoms with Gasteiger partial charge in [-0.2, -0.15) is 0 Å². The lowest BCUT2D eigenvalue weighted by atomic mass is 9.64. The van der Waals surface area contributed by atoms with Gasteiger partial charge in [-0.3, -0.25) is 0 Å². The molecule has 0 aromatic carbocycles. The van der Waals surface area contributed by atoms with E-state index >= 15 is 0 Å². The van der Waals surface area contributed by atoms with Gasteiger partial charge in [0.15, 0.2) is 0 Å². The number of allylic oxidation sites excluding steroid dienone is 5. The molecule has 1 aliphatic rings. The lowest BCUT2D eigenvalue weighted by molar-refractivity contribution is -0.0443. The quantitative estimate of drug-likeness (QED) is 0.514. The van der Waals surface area contributed by atoms with Crippen LogP contribution in [-0.2, 0) is 0 Å². The van der Waals surface area contributed by atoms with Crippen molar-refractivity contribution in [1.82, 2.24) is 0 Å². The Morgan fingerprint density at radius 1 is 1.25 bits per heavy atom. The Balaban J connectivity index is 2.84. The van der Waals surface area contributed by atoms with E-state index in [2.05, 4.69) is 52.8 Å². The molecule has 0 fully saturated rings. The molecule has 0 saturated heterocycles.